The maximum Gasteiger partial charge on any atom is 0.224 e. The summed E-state index contributed by atoms with van der Waals surface area (Å²) in [4.78, 5) is 11.5. The van der Waals surface area contributed by atoms with Crippen molar-refractivity contribution in [3.05, 3.63) is 29.8 Å². The fraction of sp³-hybridized carbons (Fsp3) is 0.308. The summed E-state index contributed by atoms with van der Waals surface area (Å²) in [6, 6.07) is 7.28. The van der Waals surface area contributed by atoms with Crippen LogP contribution in [-0.4, -0.2) is 19.5 Å². The zero-order chi connectivity index (χ0) is 11.8. The number of rotatable bonds is 5. The van der Waals surface area contributed by atoms with E-state index in [2.05, 4.69) is 16.6 Å². The molecule has 0 aromatic heterocycles. The van der Waals surface area contributed by atoms with Crippen LogP contribution in [0.4, 0.5) is 5.69 Å². The molecule has 0 unspecified atom stereocenters. The van der Waals surface area contributed by atoms with Crippen LogP contribution in [0.5, 0.6) is 0 Å². The molecule has 0 aliphatic rings. The van der Waals surface area contributed by atoms with E-state index in [1.807, 2.05) is 25.2 Å². The zero-order valence-electron chi connectivity index (χ0n) is 9.42. The molecule has 3 nitrogen and oxygen atoms in total. The smallest absolute Gasteiger partial charge is 0.224 e. The Balaban J connectivity index is 2.47. The van der Waals surface area contributed by atoms with Gasteiger partial charge in [0.1, 0.15) is 0 Å². The number of benzene rings is 1. The van der Waals surface area contributed by atoms with Gasteiger partial charge in [-0.25, -0.2) is 0 Å². The van der Waals surface area contributed by atoms with Crippen LogP contribution in [0.2, 0.25) is 0 Å². The SMILES string of the molecule is C#Cc1cccc(NC(=O)CCCNC)c1. The van der Waals surface area contributed by atoms with Crippen molar-refractivity contribution in [2.45, 2.75) is 12.8 Å². The van der Waals surface area contributed by atoms with E-state index >= 15 is 0 Å². The molecule has 16 heavy (non-hydrogen) atoms. The number of anilines is 1. The van der Waals surface area contributed by atoms with Crippen LogP contribution in [0.25, 0.3) is 0 Å². The quantitative estimate of drug-likeness (QED) is 0.580. The monoisotopic (exact) mass is 216 g/mol. The van der Waals surface area contributed by atoms with Gasteiger partial charge < -0.3 is 10.6 Å². The average Bonchev–Trinajstić information content (AvgIpc) is 2.29. The number of carbonyl (C=O) groups excluding carboxylic acids is 1. The number of nitrogens with one attached hydrogen (secondary N) is 2. The van der Waals surface area contributed by atoms with Gasteiger partial charge in [0.05, 0.1) is 0 Å². The number of hydrogen-bond acceptors (Lipinski definition) is 2. The van der Waals surface area contributed by atoms with Crippen LogP contribution >= 0.6 is 0 Å². The van der Waals surface area contributed by atoms with Crippen molar-refractivity contribution in [2.75, 3.05) is 18.9 Å². The van der Waals surface area contributed by atoms with Gasteiger partial charge >= 0.3 is 0 Å². The first-order chi connectivity index (χ1) is 7.76. The van der Waals surface area contributed by atoms with Gasteiger partial charge in [0.15, 0.2) is 0 Å². The first-order valence-electron chi connectivity index (χ1n) is 5.27. The maximum atomic E-state index is 11.5. The van der Waals surface area contributed by atoms with E-state index in [0.717, 1.165) is 24.2 Å². The Morgan fingerprint density at radius 2 is 2.31 bits per heavy atom. The van der Waals surface area contributed by atoms with E-state index in [-0.39, 0.29) is 5.91 Å². The number of hydrogen-bond donors (Lipinski definition) is 2. The predicted octanol–water partition coefficient (Wildman–Crippen LogP) is 1.61. The summed E-state index contributed by atoms with van der Waals surface area (Å²) < 4.78 is 0. The molecule has 0 fully saturated rings. The largest absolute Gasteiger partial charge is 0.326 e. The highest BCUT2D eigenvalue weighted by atomic mass is 16.1. The summed E-state index contributed by atoms with van der Waals surface area (Å²) in [5.41, 5.74) is 1.53. The molecule has 1 amide bonds. The van der Waals surface area contributed by atoms with E-state index < -0.39 is 0 Å². The minimum Gasteiger partial charge on any atom is -0.326 e. The molecule has 1 rings (SSSR count). The van der Waals surface area contributed by atoms with Gasteiger partial charge in [0.2, 0.25) is 5.91 Å². The third-order valence-corrected chi connectivity index (χ3v) is 2.14. The Kier molecular flexibility index (Phi) is 5.10. The van der Waals surface area contributed by atoms with Crippen LogP contribution in [0, 0.1) is 12.3 Å². The summed E-state index contributed by atoms with van der Waals surface area (Å²) in [7, 11) is 1.87. The Bertz CT molecular complexity index is 393. The molecule has 0 saturated carbocycles. The number of terminal acetylenes is 1. The summed E-state index contributed by atoms with van der Waals surface area (Å²) >= 11 is 0. The fourth-order valence-corrected chi connectivity index (χ4v) is 1.34. The van der Waals surface area contributed by atoms with Crippen molar-refractivity contribution < 1.29 is 4.79 Å². The molecule has 84 valence electrons. The Hall–Kier alpha value is -1.79. The summed E-state index contributed by atoms with van der Waals surface area (Å²) in [6.07, 6.45) is 6.62. The molecule has 1 aromatic rings. The van der Waals surface area contributed by atoms with E-state index in [1.165, 1.54) is 0 Å². The first-order valence-corrected chi connectivity index (χ1v) is 5.27. The molecule has 3 heteroatoms. The second-order valence-electron chi connectivity index (χ2n) is 3.48. The third kappa shape index (κ3) is 4.16. The van der Waals surface area contributed by atoms with Gasteiger partial charge in [-0.05, 0) is 38.2 Å². The summed E-state index contributed by atoms with van der Waals surface area (Å²) in [6.45, 7) is 0.845. The Labute approximate surface area is 96.2 Å². The van der Waals surface area contributed by atoms with Gasteiger partial charge in [-0.2, -0.15) is 0 Å². The molecule has 0 heterocycles. The molecular formula is C13H16N2O. The van der Waals surface area contributed by atoms with E-state index in [0.29, 0.717) is 6.42 Å². The lowest BCUT2D eigenvalue weighted by atomic mass is 10.2. The van der Waals surface area contributed by atoms with Crippen LogP contribution in [0.15, 0.2) is 24.3 Å². The normalized spacial score (nSPS) is 9.50. The minimum atomic E-state index is 0.0180. The van der Waals surface area contributed by atoms with E-state index in [9.17, 15) is 4.79 Å². The summed E-state index contributed by atoms with van der Waals surface area (Å²) in [5.74, 6) is 2.55. The highest BCUT2D eigenvalue weighted by molar-refractivity contribution is 5.90. The molecule has 0 aliphatic carbocycles. The number of carbonyl (C=O) groups is 1. The Morgan fingerprint density at radius 3 is 3.00 bits per heavy atom. The lowest BCUT2D eigenvalue weighted by Crippen LogP contribution is -2.15. The molecule has 1 aromatic carbocycles. The van der Waals surface area contributed by atoms with Crippen LogP contribution in [0.1, 0.15) is 18.4 Å². The topological polar surface area (TPSA) is 41.1 Å². The molecule has 0 spiro atoms. The second-order valence-corrected chi connectivity index (χ2v) is 3.48. The van der Waals surface area contributed by atoms with Crippen molar-refractivity contribution >= 4 is 11.6 Å². The van der Waals surface area contributed by atoms with Crippen molar-refractivity contribution in [1.29, 1.82) is 0 Å². The van der Waals surface area contributed by atoms with Gasteiger partial charge in [-0.1, -0.05) is 12.0 Å². The van der Waals surface area contributed by atoms with Crippen molar-refractivity contribution in [3.63, 3.8) is 0 Å². The molecular weight excluding hydrogens is 200 g/mol. The molecule has 0 aliphatic heterocycles. The highest BCUT2D eigenvalue weighted by Crippen LogP contribution is 2.10. The van der Waals surface area contributed by atoms with Crippen LogP contribution < -0.4 is 10.6 Å². The number of amides is 1. The fourth-order valence-electron chi connectivity index (χ4n) is 1.34. The van der Waals surface area contributed by atoms with Gasteiger partial charge in [-0.3, -0.25) is 4.79 Å². The lowest BCUT2D eigenvalue weighted by molar-refractivity contribution is -0.116. The molecule has 0 saturated heterocycles. The third-order valence-electron chi connectivity index (χ3n) is 2.14. The molecule has 0 atom stereocenters. The first kappa shape index (κ1) is 12.3. The zero-order valence-corrected chi connectivity index (χ0v) is 9.42. The van der Waals surface area contributed by atoms with Gasteiger partial charge in [0.25, 0.3) is 0 Å². The lowest BCUT2D eigenvalue weighted by Gasteiger charge is -2.05. The van der Waals surface area contributed by atoms with Crippen LogP contribution in [-0.2, 0) is 4.79 Å². The highest BCUT2D eigenvalue weighted by Gasteiger charge is 2.01. The van der Waals surface area contributed by atoms with Crippen molar-refractivity contribution in [2.24, 2.45) is 0 Å². The average molecular weight is 216 g/mol. The Morgan fingerprint density at radius 1 is 1.50 bits per heavy atom. The molecule has 0 bridgehead atoms. The molecule has 0 radical (unpaired) electrons. The molecule has 2 N–H and O–H groups in total. The van der Waals surface area contributed by atoms with Gasteiger partial charge in [-0.15, -0.1) is 6.42 Å². The van der Waals surface area contributed by atoms with Crippen LogP contribution in [0.3, 0.4) is 0 Å². The van der Waals surface area contributed by atoms with Crippen molar-refractivity contribution in [3.8, 4) is 12.3 Å². The predicted molar refractivity (Wildman–Crippen MR) is 66.2 cm³/mol. The van der Waals surface area contributed by atoms with Gasteiger partial charge in [0, 0.05) is 17.7 Å². The second kappa shape index (κ2) is 6.65. The standard InChI is InChI=1S/C13H16N2O/c1-3-11-6-4-7-12(10-11)15-13(16)8-5-9-14-2/h1,4,6-7,10,14H,5,8-9H2,2H3,(H,15,16). The van der Waals surface area contributed by atoms with E-state index in [4.69, 9.17) is 6.42 Å². The van der Waals surface area contributed by atoms with E-state index in [1.54, 1.807) is 6.07 Å². The minimum absolute atomic E-state index is 0.0180. The summed E-state index contributed by atoms with van der Waals surface area (Å²) in [5, 5.41) is 5.81. The maximum absolute atomic E-state index is 11.5. The van der Waals surface area contributed by atoms with Crippen molar-refractivity contribution in [1.82, 2.24) is 5.32 Å².